The normalized spacial score (nSPS) is 12.4. The molecular weight excluding hydrogens is 196 g/mol. The van der Waals surface area contributed by atoms with Crippen LogP contribution < -0.4 is 0 Å². The smallest absolute Gasteiger partial charge is 0.0761 e. The summed E-state index contributed by atoms with van der Waals surface area (Å²) in [5, 5.41) is 9.43. The Bertz CT molecular complexity index is 469. The fourth-order valence-electron chi connectivity index (χ4n) is 1.78. The fourth-order valence-corrected chi connectivity index (χ4v) is 1.78. The molecule has 0 aromatic heterocycles. The Morgan fingerprint density at radius 3 is 2.19 bits per heavy atom. The second-order valence-electron chi connectivity index (χ2n) is 4.17. The second-order valence-corrected chi connectivity index (χ2v) is 4.17. The van der Waals surface area contributed by atoms with Crippen LogP contribution in [0.25, 0.3) is 11.1 Å². The van der Waals surface area contributed by atoms with Crippen LogP contribution in [0, 0.1) is 6.92 Å². The monoisotopic (exact) mass is 212 g/mol. The van der Waals surface area contributed by atoms with Crippen LogP contribution in [0.5, 0.6) is 0 Å². The summed E-state index contributed by atoms with van der Waals surface area (Å²) in [6.07, 6.45) is -0.397. The maximum Gasteiger partial charge on any atom is 0.0761 e. The van der Waals surface area contributed by atoms with Gasteiger partial charge in [-0.15, -0.1) is 0 Å². The predicted octanol–water partition coefficient (Wildman–Crippen LogP) is 3.72. The van der Waals surface area contributed by atoms with Crippen molar-refractivity contribution in [3.63, 3.8) is 0 Å². The third-order valence-electron chi connectivity index (χ3n) is 2.74. The van der Waals surface area contributed by atoms with Gasteiger partial charge in [0, 0.05) is 0 Å². The van der Waals surface area contributed by atoms with Crippen LogP contribution in [0.3, 0.4) is 0 Å². The summed E-state index contributed by atoms with van der Waals surface area (Å²) in [6, 6.07) is 16.5. The summed E-state index contributed by atoms with van der Waals surface area (Å²) < 4.78 is 0. The molecule has 0 saturated carbocycles. The van der Waals surface area contributed by atoms with Gasteiger partial charge in [0.25, 0.3) is 0 Å². The van der Waals surface area contributed by atoms with E-state index < -0.39 is 6.10 Å². The number of benzene rings is 2. The molecule has 1 atom stereocenters. The molecule has 1 N–H and O–H groups in total. The van der Waals surface area contributed by atoms with Gasteiger partial charge >= 0.3 is 0 Å². The van der Waals surface area contributed by atoms with Crippen molar-refractivity contribution < 1.29 is 5.11 Å². The third-order valence-corrected chi connectivity index (χ3v) is 2.74. The average Bonchev–Trinajstić information content (AvgIpc) is 2.29. The van der Waals surface area contributed by atoms with E-state index in [2.05, 4.69) is 43.3 Å². The number of hydrogen-bond acceptors (Lipinski definition) is 1. The van der Waals surface area contributed by atoms with E-state index in [-0.39, 0.29) is 0 Å². The molecule has 0 fully saturated rings. The highest BCUT2D eigenvalue weighted by Crippen LogP contribution is 2.22. The lowest BCUT2D eigenvalue weighted by Gasteiger charge is -2.07. The summed E-state index contributed by atoms with van der Waals surface area (Å²) >= 11 is 0. The van der Waals surface area contributed by atoms with Gasteiger partial charge in [0.05, 0.1) is 6.10 Å². The van der Waals surface area contributed by atoms with Gasteiger partial charge in [0.15, 0.2) is 0 Å². The van der Waals surface area contributed by atoms with Crippen molar-refractivity contribution >= 4 is 0 Å². The lowest BCUT2D eigenvalue weighted by atomic mass is 10.0. The van der Waals surface area contributed by atoms with E-state index in [4.69, 9.17) is 0 Å². The van der Waals surface area contributed by atoms with Crippen LogP contribution in [0.15, 0.2) is 48.5 Å². The standard InChI is InChI=1S/C15H16O/c1-11-4-3-5-15(10-11)14-8-6-13(7-9-14)12(2)16/h3-10,12,16H,1-2H3. The topological polar surface area (TPSA) is 20.2 Å². The van der Waals surface area contributed by atoms with Crippen molar-refractivity contribution in [2.75, 3.05) is 0 Å². The highest BCUT2D eigenvalue weighted by Gasteiger charge is 2.01. The Labute approximate surface area is 96.4 Å². The first-order chi connectivity index (χ1) is 7.66. The van der Waals surface area contributed by atoms with Crippen LogP contribution >= 0.6 is 0 Å². The molecule has 82 valence electrons. The van der Waals surface area contributed by atoms with E-state index in [0.717, 1.165) is 5.56 Å². The Hall–Kier alpha value is -1.60. The zero-order chi connectivity index (χ0) is 11.5. The van der Waals surface area contributed by atoms with Gasteiger partial charge in [0.2, 0.25) is 0 Å². The molecule has 16 heavy (non-hydrogen) atoms. The lowest BCUT2D eigenvalue weighted by molar-refractivity contribution is 0.199. The van der Waals surface area contributed by atoms with Crippen molar-refractivity contribution in [2.24, 2.45) is 0 Å². The molecule has 0 bridgehead atoms. The van der Waals surface area contributed by atoms with Crippen molar-refractivity contribution in [1.82, 2.24) is 0 Å². The minimum atomic E-state index is -0.397. The first kappa shape index (κ1) is 10.9. The van der Waals surface area contributed by atoms with Crippen LogP contribution in [-0.2, 0) is 0 Å². The lowest BCUT2D eigenvalue weighted by Crippen LogP contribution is -1.90. The first-order valence-electron chi connectivity index (χ1n) is 5.52. The maximum absolute atomic E-state index is 9.43. The number of hydrogen-bond donors (Lipinski definition) is 1. The molecule has 0 spiro atoms. The van der Waals surface area contributed by atoms with E-state index in [0.29, 0.717) is 0 Å². The Morgan fingerprint density at radius 2 is 1.62 bits per heavy atom. The minimum absolute atomic E-state index is 0.397. The molecule has 0 radical (unpaired) electrons. The number of rotatable bonds is 2. The van der Waals surface area contributed by atoms with E-state index in [1.807, 2.05) is 12.1 Å². The highest BCUT2D eigenvalue weighted by atomic mass is 16.3. The molecule has 0 amide bonds. The van der Waals surface area contributed by atoms with Crippen LogP contribution in [0.1, 0.15) is 24.2 Å². The van der Waals surface area contributed by atoms with Gasteiger partial charge in [0.1, 0.15) is 0 Å². The molecule has 2 aromatic rings. The van der Waals surface area contributed by atoms with E-state index in [9.17, 15) is 5.11 Å². The summed E-state index contributed by atoms with van der Waals surface area (Å²) in [5.41, 5.74) is 4.62. The molecule has 1 nitrogen and oxygen atoms in total. The SMILES string of the molecule is Cc1cccc(-c2ccc(C(C)O)cc2)c1. The molecule has 0 aliphatic carbocycles. The van der Waals surface area contributed by atoms with E-state index in [1.165, 1.54) is 16.7 Å². The van der Waals surface area contributed by atoms with Crippen molar-refractivity contribution in [3.8, 4) is 11.1 Å². The molecule has 0 aliphatic rings. The Kier molecular flexibility index (Phi) is 3.07. The zero-order valence-electron chi connectivity index (χ0n) is 9.64. The van der Waals surface area contributed by atoms with E-state index >= 15 is 0 Å². The number of aliphatic hydroxyl groups is 1. The summed E-state index contributed by atoms with van der Waals surface area (Å²) in [6.45, 7) is 3.87. The van der Waals surface area contributed by atoms with Gasteiger partial charge in [-0.25, -0.2) is 0 Å². The second kappa shape index (κ2) is 4.50. The zero-order valence-corrected chi connectivity index (χ0v) is 9.64. The van der Waals surface area contributed by atoms with Crippen LogP contribution in [0.4, 0.5) is 0 Å². The van der Waals surface area contributed by atoms with Crippen molar-refractivity contribution in [2.45, 2.75) is 20.0 Å². The molecule has 2 rings (SSSR count). The minimum Gasteiger partial charge on any atom is -0.389 e. The molecular formula is C15H16O. The van der Waals surface area contributed by atoms with Crippen LogP contribution in [0.2, 0.25) is 0 Å². The van der Waals surface area contributed by atoms with Gasteiger partial charge in [-0.1, -0.05) is 54.1 Å². The van der Waals surface area contributed by atoms with Gasteiger partial charge in [-0.2, -0.15) is 0 Å². The highest BCUT2D eigenvalue weighted by molar-refractivity contribution is 5.64. The molecule has 0 heterocycles. The summed E-state index contributed by atoms with van der Waals surface area (Å²) in [7, 11) is 0. The number of aliphatic hydroxyl groups excluding tert-OH is 1. The third kappa shape index (κ3) is 2.31. The first-order valence-corrected chi connectivity index (χ1v) is 5.52. The Balaban J connectivity index is 2.35. The average molecular weight is 212 g/mol. The quantitative estimate of drug-likeness (QED) is 0.804. The predicted molar refractivity (Wildman–Crippen MR) is 67.2 cm³/mol. The van der Waals surface area contributed by atoms with Crippen LogP contribution in [-0.4, -0.2) is 5.11 Å². The van der Waals surface area contributed by atoms with E-state index in [1.54, 1.807) is 6.92 Å². The van der Waals surface area contributed by atoms with Gasteiger partial charge in [-0.3, -0.25) is 0 Å². The molecule has 2 aromatic carbocycles. The van der Waals surface area contributed by atoms with Crippen molar-refractivity contribution in [1.29, 1.82) is 0 Å². The Morgan fingerprint density at radius 1 is 0.938 bits per heavy atom. The molecule has 0 aliphatic heterocycles. The maximum atomic E-state index is 9.43. The number of aryl methyl sites for hydroxylation is 1. The molecule has 1 heteroatoms. The largest absolute Gasteiger partial charge is 0.389 e. The van der Waals surface area contributed by atoms with Gasteiger partial charge < -0.3 is 5.11 Å². The fraction of sp³-hybridized carbons (Fsp3) is 0.200. The summed E-state index contributed by atoms with van der Waals surface area (Å²) in [4.78, 5) is 0. The molecule has 1 unspecified atom stereocenters. The summed E-state index contributed by atoms with van der Waals surface area (Å²) in [5.74, 6) is 0. The molecule has 0 saturated heterocycles. The van der Waals surface area contributed by atoms with Crippen molar-refractivity contribution in [3.05, 3.63) is 59.7 Å². The van der Waals surface area contributed by atoms with Gasteiger partial charge in [-0.05, 0) is 30.5 Å².